The van der Waals surface area contributed by atoms with Crippen molar-refractivity contribution in [2.24, 2.45) is 5.73 Å². The van der Waals surface area contributed by atoms with E-state index in [0.717, 1.165) is 12.8 Å². The maximum absolute atomic E-state index is 6.37. The molecule has 90 valence electrons. The van der Waals surface area contributed by atoms with Crippen LogP contribution in [0.15, 0.2) is 0 Å². The van der Waals surface area contributed by atoms with E-state index >= 15 is 0 Å². The summed E-state index contributed by atoms with van der Waals surface area (Å²) in [7, 11) is -1.61. The van der Waals surface area contributed by atoms with E-state index in [1.54, 1.807) is 0 Å². The van der Waals surface area contributed by atoms with E-state index in [2.05, 4.69) is 33.9 Å². The van der Waals surface area contributed by atoms with Crippen LogP contribution >= 0.6 is 0 Å². The van der Waals surface area contributed by atoms with Gasteiger partial charge in [0, 0.05) is 6.04 Å². The highest BCUT2D eigenvalue weighted by Gasteiger charge is 2.40. The molecule has 0 spiro atoms. The highest BCUT2D eigenvalue weighted by atomic mass is 28.4. The van der Waals surface area contributed by atoms with Crippen LogP contribution in [0.2, 0.25) is 18.1 Å². The maximum atomic E-state index is 6.37. The molecule has 0 bridgehead atoms. The summed E-state index contributed by atoms with van der Waals surface area (Å²) in [5.74, 6) is 0. The Labute approximate surface area is 95.7 Å². The number of rotatable bonds is 2. The molecule has 1 unspecified atom stereocenters. The molecule has 0 aromatic rings. The molecular weight excluding hydrogens is 202 g/mol. The van der Waals surface area contributed by atoms with Gasteiger partial charge in [-0.25, -0.2) is 0 Å². The summed E-state index contributed by atoms with van der Waals surface area (Å²) in [6, 6.07) is 0.271. The topological polar surface area (TPSA) is 35.2 Å². The van der Waals surface area contributed by atoms with Gasteiger partial charge in [-0.05, 0) is 31.0 Å². The average molecular weight is 229 g/mol. The van der Waals surface area contributed by atoms with Crippen LogP contribution in [0.1, 0.15) is 46.5 Å². The molecule has 2 atom stereocenters. The van der Waals surface area contributed by atoms with Crippen molar-refractivity contribution in [1.82, 2.24) is 0 Å². The summed E-state index contributed by atoms with van der Waals surface area (Å²) in [6.07, 6.45) is 5.18. The van der Waals surface area contributed by atoms with Gasteiger partial charge < -0.3 is 10.2 Å². The van der Waals surface area contributed by atoms with Gasteiger partial charge in [0.25, 0.3) is 0 Å². The van der Waals surface area contributed by atoms with Crippen LogP contribution < -0.4 is 5.73 Å². The predicted octanol–water partition coefficient (Wildman–Crippen LogP) is 3.28. The van der Waals surface area contributed by atoms with Crippen molar-refractivity contribution >= 4 is 8.32 Å². The van der Waals surface area contributed by atoms with Crippen LogP contribution in [-0.4, -0.2) is 20.5 Å². The van der Waals surface area contributed by atoms with Crippen molar-refractivity contribution in [2.45, 2.75) is 76.7 Å². The second-order valence-corrected chi connectivity index (χ2v) is 11.1. The fourth-order valence-corrected chi connectivity index (χ4v) is 3.23. The van der Waals surface area contributed by atoms with Crippen LogP contribution in [0.5, 0.6) is 0 Å². The van der Waals surface area contributed by atoms with Gasteiger partial charge in [0.2, 0.25) is 0 Å². The van der Waals surface area contributed by atoms with Gasteiger partial charge in [0.05, 0.1) is 6.10 Å². The molecule has 0 radical (unpaired) electrons. The third kappa shape index (κ3) is 3.30. The Morgan fingerprint density at radius 1 is 1.13 bits per heavy atom. The summed E-state index contributed by atoms with van der Waals surface area (Å²) in [4.78, 5) is 0. The number of hydrogen-bond acceptors (Lipinski definition) is 2. The van der Waals surface area contributed by atoms with E-state index < -0.39 is 8.32 Å². The Morgan fingerprint density at radius 2 is 1.67 bits per heavy atom. The lowest BCUT2D eigenvalue weighted by Crippen LogP contribution is -2.50. The van der Waals surface area contributed by atoms with Crippen LogP contribution in [0, 0.1) is 0 Å². The first-order valence-corrected chi connectivity index (χ1v) is 9.08. The van der Waals surface area contributed by atoms with Crippen LogP contribution in [0.4, 0.5) is 0 Å². The zero-order valence-corrected chi connectivity index (χ0v) is 12.0. The number of nitrogens with two attached hydrogens (primary N) is 1. The van der Waals surface area contributed by atoms with Gasteiger partial charge in [-0.2, -0.15) is 0 Å². The second kappa shape index (κ2) is 4.56. The Bertz CT molecular complexity index is 210. The molecule has 1 fully saturated rings. The highest BCUT2D eigenvalue weighted by molar-refractivity contribution is 6.74. The molecule has 0 saturated heterocycles. The van der Waals surface area contributed by atoms with Gasteiger partial charge in [0.15, 0.2) is 8.32 Å². The summed E-state index contributed by atoms with van der Waals surface area (Å²) in [6.45, 7) is 11.5. The standard InChI is InChI=1S/C12H27NOSi/c1-12(2,3)15(4,5)14-11-9-7-6-8-10(11)13/h10-11H,6-9,13H2,1-5H3/t10-,11?/m0/s1. The number of hydrogen-bond donors (Lipinski definition) is 1. The lowest BCUT2D eigenvalue weighted by atomic mass is 9.93. The SMILES string of the molecule is CC(C)(C)[Si](C)(C)OC1CCCC[C@@H]1N. The van der Waals surface area contributed by atoms with Crippen molar-refractivity contribution in [1.29, 1.82) is 0 Å². The first-order chi connectivity index (χ1) is 6.74. The Hall–Kier alpha value is 0.137. The zero-order chi connectivity index (χ0) is 11.7. The van der Waals surface area contributed by atoms with Crippen LogP contribution in [-0.2, 0) is 4.43 Å². The minimum absolute atomic E-state index is 0.271. The van der Waals surface area contributed by atoms with E-state index in [1.807, 2.05) is 0 Å². The Balaban J connectivity index is 2.59. The molecular formula is C12H27NOSi. The van der Waals surface area contributed by atoms with Gasteiger partial charge in [0.1, 0.15) is 0 Å². The minimum Gasteiger partial charge on any atom is -0.412 e. The molecule has 0 aromatic heterocycles. The van der Waals surface area contributed by atoms with E-state index in [4.69, 9.17) is 10.2 Å². The minimum atomic E-state index is -1.61. The molecule has 1 saturated carbocycles. The van der Waals surface area contributed by atoms with Gasteiger partial charge in [-0.15, -0.1) is 0 Å². The smallest absolute Gasteiger partial charge is 0.192 e. The Morgan fingerprint density at radius 3 is 2.13 bits per heavy atom. The molecule has 3 heteroatoms. The molecule has 1 aliphatic carbocycles. The third-order valence-electron chi connectivity index (χ3n) is 4.01. The summed E-state index contributed by atoms with van der Waals surface area (Å²) in [5, 5.41) is 0.296. The molecule has 0 heterocycles. The lowest BCUT2D eigenvalue weighted by molar-refractivity contribution is 0.117. The predicted molar refractivity (Wildman–Crippen MR) is 68.5 cm³/mol. The van der Waals surface area contributed by atoms with Gasteiger partial charge >= 0.3 is 0 Å². The van der Waals surface area contributed by atoms with E-state index in [0.29, 0.717) is 11.1 Å². The summed E-state index contributed by atoms with van der Waals surface area (Å²) >= 11 is 0. The van der Waals surface area contributed by atoms with Crippen molar-refractivity contribution in [3.05, 3.63) is 0 Å². The van der Waals surface area contributed by atoms with Crippen molar-refractivity contribution in [3.8, 4) is 0 Å². The summed E-state index contributed by atoms with van der Waals surface area (Å²) < 4.78 is 6.37. The van der Waals surface area contributed by atoms with Crippen LogP contribution in [0.3, 0.4) is 0 Å². The molecule has 1 rings (SSSR count). The normalized spacial score (nSPS) is 29.2. The van der Waals surface area contributed by atoms with Crippen LogP contribution in [0.25, 0.3) is 0 Å². The van der Waals surface area contributed by atoms with Gasteiger partial charge in [-0.3, -0.25) is 0 Å². The molecule has 2 nitrogen and oxygen atoms in total. The van der Waals surface area contributed by atoms with E-state index in [-0.39, 0.29) is 6.04 Å². The average Bonchev–Trinajstić information content (AvgIpc) is 2.06. The zero-order valence-electron chi connectivity index (χ0n) is 11.0. The molecule has 0 aromatic carbocycles. The fourth-order valence-electron chi connectivity index (χ4n) is 1.83. The van der Waals surface area contributed by atoms with Crippen molar-refractivity contribution < 1.29 is 4.43 Å². The molecule has 0 aliphatic heterocycles. The maximum Gasteiger partial charge on any atom is 0.192 e. The van der Waals surface area contributed by atoms with Gasteiger partial charge in [-0.1, -0.05) is 33.6 Å². The van der Waals surface area contributed by atoms with Crippen molar-refractivity contribution in [3.63, 3.8) is 0 Å². The Kier molecular flexibility index (Phi) is 4.01. The quantitative estimate of drug-likeness (QED) is 0.738. The third-order valence-corrected chi connectivity index (χ3v) is 8.51. The first-order valence-electron chi connectivity index (χ1n) is 6.17. The molecule has 1 aliphatic rings. The largest absolute Gasteiger partial charge is 0.412 e. The first kappa shape index (κ1) is 13.2. The van der Waals surface area contributed by atoms with E-state index in [1.165, 1.54) is 12.8 Å². The lowest BCUT2D eigenvalue weighted by Gasteiger charge is -2.42. The molecule has 0 amide bonds. The second-order valence-electron chi connectivity index (χ2n) is 6.36. The summed E-state index contributed by atoms with van der Waals surface area (Å²) in [5.41, 5.74) is 6.13. The molecule has 15 heavy (non-hydrogen) atoms. The molecule has 2 N–H and O–H groups in total. The van der Waals surface area contributed by atoms with E-state index in [9.17, 15) is 0 Å². The van der Waals surface area contributed by atoms with Crippen molar-refractivity contribution in [2.75, 3.05) is 0 Å². The fraction of sp³-hybridized carbons (Fsp3) is 1.00. The monoisotopic (exact) mass is 229 g/mol. The highest BCUT2D eigenvalue weighted by Crippen LogP contribution is 2.38.